The molecule has 1 aliphatic carbocycles. The number of hydrogen-bond donors (Lipinski definition) is 1. The van der Waals surface area contributed by atoms with Gasteiger partial charge in [0.2, 0.25) is 0 Å². The van der Waals surface area contributed by atoms with Crippen molar-refractivity contribution in [3.63, 3.8) is 0 Å². The highest BCUT2D eigenvalue weighted by Gasteiger charge is 2.19. The van der Waals surface area contributed by atoms with Crippen molar-refractivity contribution in [1.29, 1.82) is 0 Å². The summed E-state index contributed by atoms with van der Waals surface area (Å²) in [7, 11) is 1.67. The van der Waals surface area contributed by atoms with Crippen molar-refractivity contribution >= 4 is 22.9 Å². The second-order valence-electron chi connectivity index (χ2n) is 8.00. The van der Waals surface area contributed by atoms with E-state index in [0.717, 1.165) is 45.8 Å². The SMILES string of the molecule is COc1cc(-c2ccccc2)cc2ncc(-c3csc(C(=O)NC4CCCCC4)c3)n12. The van der Waals surface area contributed by atoms with Crippen molar-refractivity contribution in [2.24, 2.45) is 0 Å². The van der Waals surface area contributed by atoms with Gasteiger partial charge in [0, 0.05) is 23.1 Å². The second kappa shape index (κ2) is 8.55. The highest BCUT2D eigenvalue weighted by atomic mass is 32.1. The first-order valence-corrected chi connectivity index (χ1v) is 11.6. The van der Waals surface area contributed by atoms with Gasteiger partial charge in [-0.2, -0.15) is 0 Å². The Bertz CT molecular complexity index is 1210. The predicted molar refractivity (Wildman–Crippen MR) is 125 cm³/mol. The number of hydrogen-bond acceptors (Lipinski definition) is 4. The normalized spacial score (nSPS) is 14.6. The fourth-order valence-corrected chi connectivity index (χ4v) is 5.13. The van der Waals surface area contributed by atoms with Gasteiger partial charge in [0.1, 0.15) is 5.65 Å². The molecule has 4 aromatic rings. The van der Waals surface area contributed by atoms with Crippen LogP contribution in [0.25, 0.3) is 28.0 Å². The van der Waals surface area contributed by atoms with Gasteiger partial charge in [-0.15, -0.1) is 11.3 Å². The van der Waals surface area contributed by atoms with E-state index >= 15 is 0 Å². The van der Waals surface area contributed by atoms with Gasteiger partial charge < -0.3 is 10.1 Å². The van der Waals surface area contributed by atoms with Gasteiger partial charge in [0.15, 0.2) is 5.88 Å². The molecule has 0 aliphatic heterocycles. The number of methoxy groups -OCH3 is 1. The summed E-state index contributed by atoms with van der Waals surface area (Å²) in [5.74, 6) is 0.735. The van der Waals surface area contributed by atoms with E-state index < -0.39 is 0 Å². The molecule has 6 heteroatoms. The monoisotopic (exact) mass is 431 g/mol. The van der Waals surface area contributed by atoms with E-state index in [1.54, 1.807) is 7.11 Å². The predicted octanol–water partition coefficient (Wildman–Crippen LogP) is 5.80. The van der Waals surface area contributed by atoms with Gasteiger partial charge in [0.25, 0.3) is 5.91 Å². The Morgan fingerprint density at radius 3 is 2.65 bits per heavy atom. The lowest BCUT2D eigenvalue weighted by Gasteiger charge is -2.22. The highest BCUT2D eigenvalue weighted by molar-refractivity contribution is 7.12. The third-order valence-electron chi connectivity index (χ3n) is 5.95. The molecule has 3 aromatic heterocycles. The molecule has 1 aliphatic rings. The number of nitrogens with zero attached hydrogens (tertiary/aromatic N) is 2. The quantitative estimate of drug-likeness (QED) is 0.434. The van der Waals surface area contributed by atoms with Gasteiger partial charge in [-0.3, -0.25) is 9.20 Å². The van der Waals surface area contributed by atoms with Crippen molar-refractivity contribution in [3.8, 4) is 28.3 Å². The number of carbonyl (C=O) groups excluding carboxylic acids is 1. The smallest absolute Gasteiger partial charge is 0.261 e. The highest BCUT2D eigenvalue weighted by Crippen LogP contribution is 2.33. The van der Waals surface area contributed by atoms with Crippen molar-refractivity contribution in [3.05, 3.63) is 65.0 Å². The number of rotatable bonds is 5. The number of carbonyl (C=O) groups is 1. The Balaban J connectivity index is 1.46. The van der Waals surface area contributed by atoms with Crippen LogP contribution in [-0.2, 0) is 0 Å². The Morgan fingerprint density at radius 1 is 1.06 bits per heavy atom. The molecular formula is C25H25N3O2S. The van der Waals surface area contributed by atoms with Crippen LogP contribution in [0, 0.1) is 0 Å². The fourth-order valence-electron chi connectivity index (χ4n) is 4.32. The lowest BCUT2D eigenvalue weighted by molar-refractivity contribution is 0.0932. The molecule has 1 aromatic carbocycles. The average Bonchev–Trinajstić information content (AvgIpc) is 3.47. The van der Waals surface area contributed by atoms with Crippen LogP contribution in [0.5, 0.6) is 5.88 Å². The molecule has 0 atom stereocenters. The van der Waals surface area contributed by atoms with Gasteiger partial charge in [-0.1, -0.05) is 49.6 Å². The third-order valence-corrected chi connectivity index (χ3v) is 6.88. The molecule has 0 radical (unpaired) electrons. The number of imidazole rings is 1. The number of thiophene rings is 1. The molecule has 3 heterocycles. The molecule has 0 bridgehead atoms. The number of benzene rings is 1. The lowest BCUT2D eigenvalue weighted by Crippen LogP contribution is -2.35. The van der Waals surface area contributed by atoms with Crippen molar-refractivity contribution in [2.45, 2.75) is 38.1 Å². The third kappa shape index (κ3) is 3.95. The van der Waals surface area contributed by atoms with Crippen LogP contribution in [0.1, 0.15) is 41.8 Å². The van der Waals surface area contributed by atoms with Crippen LogP contribution in [0.4, 0.5) is 0 Å². The molecular weight excluding hydrogens is 406 g/mol. The number of nitrogens with one attached hydrogen (secondary N) is 1. The first-order valence-electron chi connectivity index (χ1n) is 10.7. The zero-order chi connectivity index (χ0) is 21.2. The number of amides is 1. The Kier molecular flexibility index (Phi) is 5.47. The van der Waals surface area contributed by atoms with E-state index in [-0.39, 0.29) is 5.91 Å². The van der Waals surface area contributed by atoms with Crippen LogP contribution in [0.3, 0.4) is 0 Å². The minimum atomic E-state index is 0.0234. The average molecular weight is 432 g/mol. The first-order chi connectivity index (χ1) is 15.2. The molecule has 0 spiro atoms. The molecule has 1 fully saturated rings. The van der Waals surface area contributed by atoms with E-state index in [4.69, 9.17) is 4.74 Å². The second-order valence-corrected chi connectivity index (χ2v) is 8.91. The van der Waals surface area contributed by atoms with Crippen LogP contribution >= 0.6 is 11.3 Å². The van der Waals surface area contributed by atoms with Crippen LogP contribution < -0.4 is 10.1 Å². The summed E-state index contributed by atoms with van der Waals surface area (Å²) in [6.45, 7) is 0. The van der Waals surface area contributed by atoms with Crippen molar-refractivity contribution < 1.29 is 9.53 Å². The van der Waals surface area contributed by atoms with Crippen molar-refractivity contribution in [1.82, 2.24) is 14.7 Å². The molecule has 158 valence electrons. The molecule has 1 amide bonds. The summed E-state index contributed by atoms with van der Waals surface area (Å²) in [5.41, 5.74) is 4.87. The van der Waals surface area contributed by atoms with Crippen molar-refractivity contribution in [2.75, 3.05) is 7.11 Å². The molecule has 1 saturated carbocycles. The summed E-state index contributed by atoms with van der Waals surface area (Å²) in [4.78, 5) is 18.1. The molecule has 5 rings (SSSR count). The zero-order valence-electron chi connectivity index (χ0n) is 17.5. The maximum absolute atomic E-state index is 12.7. The van der Waals surface area contributed by atoms with Gasteiger partial charge in [-0.05, 0) is 36.1 Å². The molecule has 0 unspecified atom stereocenters. The topological polar surface area (TPSA) is 55.6 Å². The van der Waals surface area contributed by atoms with Gasteiger partial charge in [-0.25, -0.2) is 4.98 Å². The maximum Gasteiger partial charge on any atom is 0.261 e. The first kappa shape index (κ1) is 19.8. The number of ether oxygens (including phenoxy) is 1. The largest absolute Gasteiger partial charge is 0.482 e. The summed E-state index contributed by atoms with van der Waals surface area (Å²) >= 11 is 1.47. The minimum Gasteiger partial charge on any atom is -0.482 e. The summed E-state index contributed by atoms with van der Waals surface area (Å²) in [6, 6.07) is 16.5. The van der Waals surface area contributed by atoms with E-state index in [2.05, 4.69) is 28.5 Å². The van der Waals surface area contributed by atoms with E-state index in [1.807, 2.05) is 46.3 Å². The molecule has 5 nitrogen and oxygen atoms in total. The zero-order valence-corrected chi connectivity index (χ0v) is 18.3. The van der Waals surface area contributed by atoms with Crippen LogP contribution in [0.15, 0.2) is 60.1 Å². The summed E-state index contributed by atoms with van der Waals surface area (Å²) < 4.78 is 7.71. The van der Waals surface area contributed by atoms with Crippen LogP contribution in [0.2, 0.25) is 0 Å². The fraction of sp³-hybridized carbons (Fsp3) is 0.280. The van der Waals surface area contributed by atoms with E-state index in [9.17, 15) is 4.79 Å². The minimum absolute atomic E-state index is 0.0234. The van der Waals surface area contributed by atoms with Crippen LogP contribution in [-0.4, -0.2) is 28.4 Å². The molecule has 31 heavy (non-hydrogen) atoms. The Labute approximate surface area is 185 Å². The van der Waals surface area contributed by atoms with E-state index in [1.165, 1.54) is 30.6 Å². The lowest BCUT2D eigenvalue weighted by atomic mass is 9.95. The number of fused-ring (bicyclic) bond motifs is 1. The maximum atomic E-state index is 12.7. The summed E-state index contributed by atoms with van der Waals surface area (Å²) in [5, 5.41) is 5.22. The number of aromatic nitrogens is 2. The Morgan fingerprint density at radius 2 is 1.87 bits per heavy atom. The molecule has 0 saturated heterocycles. The number of pyridine rings is 1. The molecule has 1 N–H and O–H groups in total. The van der Waals surface area contributed by atoms with E-state index in [0.29, 0.717) is 11.9 Å². The summed E-state index contributed by atoms with van der Waals surface area (Å²) in [6.07, 6.45) is 7.69. The standard InChI is InChI=1S/C25H25N3O2S/c1-30-24-14-18(17-8-4-2-5-9-17)13-23-26-15-21(28(23)24)19-12-22(31-16-19)25(29)27-20-10-6-3-7-11-20/h2,4-5,8-9,12-16,20H,3,6-7,10-11H2,1H3,(H,27,29). The van der Waals surface area contributed by atoms with Gasteiger partial charge in [0.05, 0.1) is 23.9 Å². The Hall–Kier alpha value is -3.12. The van der Waals surface area contributed by atoms with Gasteiger partial charge >= 0.3 is 0 Å².